The minimum absolute atomic E-state index is 0.0387. The Morgan fingerprint density at radius 2 is 1.94 bits per heavy atom. The van der Waals surface area contributed by atoms with Gasteiger partial charge in [-0.3, -0.25) is 4.79 Å². The van der Waals surface area contributed by atoms with E-state index >= 15 is 0 Å². The summed E-state index contributed by atoms with van der Waals surface area (Å²) in [5.41, 5.74) is 0.559. The average Bonchev–Trinajstić information content (AvgIpc) is 3.31. The second kappa shape index (κ2) is 11.8. The third-order valence-electron chi connectivity index (χ3n) is 5.11. The quantitative estimate of drug-likeness (QED) is 0.356. The zero-order valence-electron chi connectivity index (χ0n) is 19.3. The number of carbonyl (C=O) groups excluding carboxylic acids is 1. The summed E-state index contributed by atoms with van der Waals surface area (Å²) in [4.78, 5) is 14.6. The highest BCUT2D eigenvalue weighted by molar-refractivity contribution is 8.01. The molecule has 0 atom stereocenters. The van der Waals surface area contributed by atoms with Gasteiger partial charge in [-0.05, 0) is 37.3 Å². The van der Waals surface area contributed by atoms with Gasteiger partial charge in [0.05, 0.1) is 48.2 Å². The number of rotatable bonds is 9. The van der Waals surface area contributed by atoms with Gasteiger partial charge in [-0.1, -0.05) is 35.2 Å². The van der Waals surface area contributed by atoms with Crippen LogP contribution in [0.3, 0.4) is 0 Å². The number of benzene rings is 2. The van der Waals surface area contributed by atoms with E-state index in [0.717, 1.165) is 29.6 Å². The molecule has 3 aromatic rings. The molecule has 0 radical (unpaired) electrons. The predicted molar refractivity (Wildman–Crippen MR) is 135 cm³/mol. The molecule has 13 heteroatoms. The molecule has 2 aromatic carbocycles. The van der Waals surface area contributed by atoms with Crippen molar-refractivity contribution in [1.29, 1.82) is 0 Å². The van der Waals surface area contributed by atoms with Crippen LogP contribution in [0.2, 0.25) is 0 Å². The van der Waals surface area contributed by atoms with Crippen molar-refractivity contribution < 1.29 is 27.4 Å². The number of anilines is 4. The fraction of sp³-hybridized carbons (Fsp3) is 0.348. The first-order valence-corrected chi connectivity index (χ1v) is 12.9. The third kappa shape index (κ3) is 6.80. The molecule has 8 nitrogen and oxygen atoms in total. The number of hydrogen-bond donors (Lipinski definition) is 2. The molecule has 0 unspecified atom stereocenters. The Bertz CT molecular complexity index is 1190. The summed E-state index contributed by atoms with van der Waals surface area (Å²) >= 11 is 2.41. The zero-order chi connectivity index (χ0) is 25.5. The molecule has 1 saturated heterocycles. The minimum Gasteiger partial charge on any atom is -0.492 e. The summed E-state index contributed by atoms with van der Waals surface area (Å²) in [5, 5.41) is 14.5. The van der Waals surface area contributed by atoms with Crippen LogP contribution >= 0.6 is 23.1 Å². The second-order valence-electron chi connectivity index (χ2n) is 7.59. The largest absolute Gasteiger partial charge is 0.492 e. The van der Waals surface area contributed by atoms with Gasteiger partial charge in [0.1, 0.15) is 5.75 Å². The maximum absolute atomic E-state index is 13.3. The number of halogens is 3. The molecule has 36 heavy (non-hydrogen) atoms. The monoisotopic (exact) mass is 539 g/mol. The SMILES string of the molecule is CCOc1ccccc1Nc1nnc(SCC(=O)Nc2cc(C(F)(F)F)ccc2N2CCOCC2)s1. The van der Waals surface area contributed by atoms with Crippen molar-refractivity contribution in [3.05, 3.63) is 48.0 Å². The van der Waals surface area contributed by atoms with Crippen LogP contribution in [0, 0.1) is 0 Å². The van der Waals surface area contributed by atoms with Crippen LogP contribution in [-0.2, 0) is 15.7 Å². The van der Waals surface area contributed by atoms with Crippen LogP contribution in [0.5, 0.6) is 5.75 Å². The number of aromatic nitrogens is 2. The summed E-state index contributed by atoms with van der Waals surface area (Å²) in [6.45, 7) is 4.39. The lowest BCUT2D eigenvalue weighted by atomic mass is 10.1. The molecule has 4 rings (SSSR count). The van der Waals surface area contributed by atoms with Gasteiger partial charge in [0, 0.05) is 13.1 Å². The first-order chi connectivity index (χ1) is 17.3. The Labute approximate surface area is 214 Å². The summed E-state index contributed by atoms with van der Waals surface area (Å²) in [6.07, 6.45) is -4.52. The van der Waals surface area contributed by atoms with E-state index < -0.39 is 17.6 Å². The molecule has 1 amide bonds. The van der Waals surface area contributed by atoms with E-state index in [2.05, 4.69) is 20.8 Å². The third-order valence-corrected chi connectivity index (χ3v) is 7.08. The number of hydrogen-bond acceptors (Lipinski definition) is 9. The molecular formula is C23H24F3N5O3S2. The normalized spacial score (nSPS) is 13.9. The molecule has 1 aliphatic heterocycles. The summed E-state index contributed by atoms with van der Waals surface area (Å²) < 4.78 is 51.4. The highest BCUT2D eigenvalue weighted by Gasteiger charge is 2.32. The van der Waals surface area contributed by atoms with Gasteiger partial charge in [0.15, 0.2) is 4.34 Å². The fourth-order valence-electron chi connectivity index (χ4n) is 3.49. The van der Waals surface area contributed by atoms with Crippen LogP contribution in [0.15, 0.2) is 46.8 Å². The van der Waals surface area contributed by atoms with Crippen molar-refractivity contribution in [2.24, 2.45) is 0 Å². The summed E-state index contributed by atoms with van der Waals surface area (Å²) in [6, 6.07) is 10.8. The van der Waals surface area contributed by atoms with Gasteiger partial charge in [0.2, 0.25) is 11.0 Å². The molecule has 1 fully saturated rings. The van der Waals surface area contributed by atoms with Gasteiger partial charge in [-0.2, -0.15) is 13.2 Å². The molecule has 2 N–H and O–H groups in total. The van der Waals surface area contributed by atoms with Crippen LogP contribution in [-0.4, -0.2) is 54.8 Å². The Morgan fingerprint density at radius 3 is 2.69 bits per heavy atom. The number of morpholine rings is 1. The second-order valence-corrected chi connectivity index (χ2v) is 9.79. The molecule has 0 bridgehead atoms. The Kier molecular flexibility index (Phi) is 8.54. The van der Waals surface area contributed by atoms with Crippen molar-refractivity contribution in [1.82, 2.24) is 10.2 Å². The highest BCUT2D eigenvalue weighted by atomic mass is 32.2. The van der Waals surface area contributed by atoms with E-state index in [-0.39, 0.29) is 11.4 Å². The number of para-hydroxylation sites is 2. The fourth-order valence-corrected chi connectivity index (χ4v) is 5.06. The topological polar surface area (TPSA) is 88.6 Å². The molecule has 0 saturated carbocycles. The first kappa shape index (κ1) is 26.0. The molecule has 0 spiro atoms. The number of nitrogens with one attached hydrogen (secondary N) is 2. The average molecular weight is 540 g/mol. The number of nitrogens with zero attached hydrogens (tertiary/aromatic N) is 3. The molecule has 1 aliphatic rings. The zero-order valence-corrected chi connectivity index (χ0v) is 20.9. The van der Waals surface area contributed by atoms with E-state index in [0.29, 0.717) is 53.8 Å². The van der Waals surface area contributed by atoms with E-state index in [1.165, 1.54) is 17.4 Å². The smallest absolute Gasteiger partial charge is 0.416 e. The van der Waals surface area contributed by atoms with Crippen molar-refractivity contribution in [2.75, 3.05) is 54.2 Å². The number of ether oxygens (including phenoxy) is 2. The predicted octanol–water partition coefficient (Wildman–Crippen LogP) is 5.27. The minimum atomic E-state index is -4.52. The van der Waals surface area contributed by atoms with Crippen molar-refractivity contribution in [3.63, 3.8) is 0 Å². The Balaban J connectivity index is 1.40. The highest BCUT2D eigenvalue weighted by Crippen LogP contribution is 2.36. The molecular weight excluding hydrogens is 515 g/mol. The summed E-state index contributed by atoms with van der Waals surface area (Å²) in [7, 11) is 0. The number of amides is 1. The van der Waals surface area contributed by atoms with E-state index in [4.69, 9.17) is 9.47 Å². The first-order valence-electron chi connectivity index (χ1n) is 11.1. The van der Waals surface area contributed by atoms with Crippen LogP contribution in [0.1, 0.15) is 12.5 Å². The Morgan fingerprint density at radius 1 is 1.17 bits per heavy atom. The van der Waals surface area contributed by atoms with E-state index in [1.807, 2.05) is 36.1 Å². The molecule has 192 valence electrons. The number of carbonyl (C=O) groups is 1. The maximum atomic E-state index is 13.3. The van der Waals surface area contributed by atoms with Crippen molar-refractivity contribution in [3.8, 4) is 5.75 Å². The number of alkyl halides is 3. The van der Waals surface area contributed by atoms with E-state index in [9.17, 15) is 18.0 Å². The van der Waals surface area contributed by atoms with Crippen LogP contribution < -0.4 is 20.3 Å². The standard InChI is InChI=1S/C23H24F3N5O3S2/c1-2-34-19-6-4-3-5-16(19)28-21-29-30-22(36-21)35-14-20(32)27-17-13-15(23(24,25)26)7-8-18(17)31-9-11-33-12-10-31/h3-8,13H,2,9-12,14H2,1H3,(H,27,32)(H,28,29). The van der Waals surface area contributed by atoms with E-state index in [1.54, 1.807) is 0 Å². The number of thioether (sulfide) groups is 1. The lowest BCUT2D eigenvalue weighted by Crippen LogP contribution is -2.37. The maximum Gasteiger partial charge on any atom is 0.416 e. The van der Waals surface area contributed by atoms with Gasteiger partial charge in [-0.15, -0.1) is 10.2 Å². The molecule has 2 heterocycles. The molecule has 0 aliphatic carbocycles. The Hall–Kier alpha value is -3.03. The summed E-state index contributed by atoms with van der Waals surface area (Å²) in [5.74, 6) is 0.198. The van der Waals surface area contributed by atoms with Crippen LogP contribution in [0.25, 0.3) is 0 Å². The lowest BCUT2D eigenvalue weighted by molar-refractivity contribution is -0.137. The van der Waals surface area contributed by atoms with Gasteiger partial charge in [0.25, 0.3) is 0 Å². The van der Waals surface area contributed by atoms with Crippen molar-refractivity contribution >= 4 is 51.2 Å². The molecule has 1 aromatic heterocycles. The van der Waals surface area contributed by atoms with Crippen molar-refractivity contribution in [2.45, 2.75) is 17.4 Å². The van der Waals surface area contributed by atoms with Gasteiger partial charge in [-0.25, -0.2) is 0 Å². The van der Waals surface area contributed by atoms with Crippen LogP contribution in [0.4, 0.5) is 35.4 Å². The lowest BCUT2D eigenvalue weighted by Gasteiger charge is -2.31. The van der Waals surface area contributed by atoms with Gasteiger partial charge >= 0.3 is 6.18 Å². The van der Waals surface area contributed by atoms with Gasteiger partial charge < -0.3 is 25.0 Å².